The molecule has 1 rings (SSSR count). The number of sulfonamides is 1. The van der Waals surface area contributed by atoms with Crippen LogP contribution in [0.5, 0.6) is 0 Å². The highest BCUT2D eigenvalue weighted by molar-refractivity contribution is 9.10. The number of anilines is 1. The number of hydrogen-bond donors (Lipinski definition) is 1. The summed E-state index contributed by atoms with van der Waals surface area (Å²) in [5.41, 5.74) is 6.05. The zero-order valence-corrected chi connectivity index (χ0v) is 12.5. The lowest BCUT2D eigenvalue weighted by molar-refractivity contribution is 0.393. The second-order valence-electron chi connectivity index (χ2n) is 3.92. The van der Waals surface area contributed by atoms with Gasteiger partial charge in [0, 0.05) is 23.2 Å². The first-order valence-corrected chi connectivity index (χ1v) is 7.44. The van der Waals surface area contributed by atoms with Crippen LogP contribution in [0.15, 0.2) is 27.6 Å². The lowest BCUT2D eigenvalue weighted by atomic mass is 10.3. The molecule has 0 aliphatic rings. The summed E-state index contributed by atoms with van der Waals surface area (Å²) >= 11 is 3.19. The van der Waals surface area contributed by atoms with Crippen LogP contribution in [0.1, 0.15) is 13.3 Å². The molecule has 5 nitrogen and oxygen atoms in total. The molecule has 0 bridgehead atoms. The average molecular weight is 332 g/mol. The smallest absolute Gasteiger partial charge is 0.244 e. The molecular formula is C11H14BrN3O2S. The Labute approximate surface area is 115 Å². The molecule has 0 heterocycles. The summed E-state index contributed by atoms with van der Waals surface area (Å²) in [6.07, 6.45) is 0.141. The number of nitrogens with two attached hydrogens (primary N) is 1. The standard InChI is InChI=1S/C11H14BrN3O2S/c1-8(5-6-13)15(2)18(16,17)11-4-3-9(14)7-10(11)12/h3-4,7-8H,5,14H2,1-2H3. The summed E-state index contributed by atoms with van der Waals surface area (Å²) in [6.45, 7) is 1.69. The SMILES string of the molecule is CC(CC#N)N(C)S(=O)(=O)c1ccc(N)cc1Br. The lowest BCUT2D eigenvalue weighted by Gasteiger charge is -2.23. The molecule has 18 heavy (non-hydrogen) atoms. The van der Waals surface area contributed by atoms with Crippen molar-refractivity contribution < 1.29 is 8.42 Å². The van der Waals surface area contributed by atoms with Crippen molar-refractivity contribution in [2.75, 3.05) is 12.8 Å². The fraction of sp³-hybridized carbons (Fsp3) is 0.364. The quantitative estimate of drug-likeness (QED) is 0.854. The van der Waals surface area contributed by atoms with Gasteiger partial charge >= 0.3 is 0 Å². The number of nitrogens with zero attached hydrogens (tertiary/aromatic N) is 2. The van der Waals surface area contributed by atoms with E-state index >= 15 is 0 Å². The number of rotatable bonds is 4. The minimum atomic E-state index is -3.63. The van der Waals surface area contributed by atoms with E-state index in [0.717, 1.165) is 0 Å². The molecule has 1 unspecified atom stereocenters. The van der Waals surface area contributed by atoms with Crippen molar-refractivity contribution in [3.63, 3.8) is 0 Å². The first-order chi connectivity index (χ1) is 8.30. The number of halogens is 1. The molecule has 0 saturated heterocycles. The Morgan fingerprint density at radius 2 is 2.17 bits per heavy atom. The summed E-state index contributed by atoms with van der Waals surface area (Å²) < 4.78 is 26.3. The monoisotopic (exact) mass is 331 g/mol. The van der Waals surface area contributed by atoms with E-state index in [2.05, 4.69) is 15.9 Å². The number of nitrogen functional groups attached to an aromatic ring is 1. The number of benzene rings is 1. The Balaban J connectivity index is 3.18. The predicted molar refractivity (Wildman–Crippen MR) is 73.2 cm³/mol. The van der Waals surface area contributed by atoms with Crippen LogP contribution in [-0.4, -0.2) is 25.8 Å². The fourth-order valence-electron chi connectivity index (χ4n) is 1.38. The van der Waals surface area contributed by atoms with E-state index in [1.165, 1.54) is 29.6 Å². The van der Waals surface area contributed by atoms with E-state index in [0.29, 0.717) is 10.2 Å². The molecule has 0 aliphatic heterocycles. The van der Waals surface area contributed by atoms with Gasteiger partial charge in [0.2, 0.25) is 10.0 Å². The maximum absolute atomic E-state index is 12.3. The molecule has 0 aromatic heterocycles. The third kappa shape index (κ3) is 3.02. The van der Waals surface area contributed by atoms with Gasteiger partial charge in [-0.2, -0.15) is 9.57 Å². The van der Waals surface area contributed by atoms with Crippen LogP contribution in [0, 0.1) is 11.3 Å². The molecule has 98 valence electrons. The zero-order valence-electron chi connectivity index (χ0n) is 10.1. The predicted octanol–water partition coefficient (Wildman–Crippen LogP) is 1.95. The van der Waals surface area contributed by atoms with Gasteiger partial charge in [-0.15, -0.1) is 0 Å². The van der Waals surface area contributed by atoms with E-state index in [9.17, 15) is 8.42 Å². The molecule has 7 heteroatoms. The molecule has 0 saturated carbocycles. The van der Waals surface area contributed by atoms with Crippen molar-refractivity contribution in [2.24, 2.45) is 0 Å². The van der Waals surface area contributed by atoms with Crippen LogP contribution in [0.3, 0.4) is 0 Å². The molecule has 0 fully saturated rings. The second-order valence-corrected chi connectivity index (χ2v) is 6.74. The highest BCUT2D eigenvalue weighted by atomic mass is 79.9. The average Bonchev–Trinajstić information content (AvgIpc) is 2.27. The number of nitriles is 1. The van der Waals surface area contributed by atoms with Crippen molar-refractivity contribution in [2.45, 2.75) is 24.3 Å². The van der Waals surface area contributed by atoms with Crippen molar-refractivity contribution in [3.05, 3.63) is 22.7 Å². The van der Waals surface area contributed by atoms with Gasteiger partial charge < -0.3 is 5.73 Å². The third-order valence-electron chi connectivity index (χ3n) is 2.62. The minimum Gasteiger partial charge on any atom is -0.399 e. The third-order valence-corrected chi connectivity index (χ3v) is 5.57. The number of hydrogen-bond acceptors (Lipinski definition) is 4. The molecule has 1 atom stereocenters. The molecule has 2 N–H and O–H groups in total. The fourth-order valence-corrected chi connectivity index (χ4v) is 3.79. The Bertz CT molecular complexity index is 580. The molecule has 1 aromatic carbocycles. The van der Waals surface area contributed by atoms with Gasteiger partial charge in [-0.05, 0) is 41.1 Å². The van der Waals surface area contributed by atoms with Gasteiger partial charge in [0.25, 0.3) is 0 Å². The van der Waals surface area contributed by atoms with Crippen molar-refractivity contribution in [1.29, 1.82) is 5.26 Å². The van der Waals surface area contributed by atoms with Crippen molar-refractivity contribution in [3.8, 4) is 6.07 Å². The van der Waals surface area contributed by atoms with Gasteiger partial charge in [0.15, 0.2) is 0 Å². The zero-order chi connectivity index (χ0) is 13.9. The van der Waals surface area contributed by atoms with Crippen molar-refractivity contribution in [1.82, 2.24) is 4.31 Å². The van der Waals surface area contributed by atoms with Gasteiger partial charge in [-0.1, -0.05) is 0 Å². The molecule has 0 radical (unpaired) electrons. The Morgan fingerprint density at radius 1 is 1.56 bits per heavy atom. The molecule has 0 spiro atoms. The molecular weight excluding hydrogens is 318 g/mol. The highest BCUT2D eigenvalue weighted by Crippen LogP contribution is 2.27. The first kappa shape index (κ1) is 15.0. The van der Waals surface area contributed by atoms with Crippen LogP contribution >= 0.6 is 15.9 Å². The molecule has 0 amide bonds. The molecule has 0 aliphatic carbocycles. The Morgan fingerprint density at radius 3 is 2.67 bits per heavy atom. The summed E-state index contributed by atoms with van der Waals surface area (Å²) in [7, 11) is -2.17. The summed E-state index contributed by atoms with van der Waals surface area (Å²) in [4.78, 5) is 0.143. The summed E-state index contributed by atoms with van der Waals surface area (Å²) in [5, 5.41) is 8.62. The lowest BCUT2D eigenvalue weighted by Crippen LogP contribution is -2.35. The van der Waals surface area contributed by atoms with Gasteiger partial charge in [-0.25, -0.2) is 8.42 Å². The van der Waals surface area contributed by atoms with Crippen LogP contribution in [0.2, 0.25) is 0 Å². The minimum absolute atomic E-state index is 0.141. The highest BCUT2D eigenvalue weighted by Gasteiger charge is 2.27. The Hall–Kier alpha value is -1.10. The van der Waals surface area contributed by atoms with E-state index < -0.39 is 10.0 Å². The van der Waals surface area contributed by atoms with E-state index in [1.54, 1.807) is 6.92 Å². The van der Waals surface area contributed by atoms with Gasteiger partial charge in [0.1, 0.15) is 0 Å². The Kier molecular flexibility index (Phi) is 4.73. The van der Waals surface area contributed by atoms with Gasteiger partial charge in [0.05, 0.1) is 17.4 Å². The normalized spacial score (nSPS) is 13.3. The second kappa shape index (κ2) is 5.69. The molecule has 1 aromatic rings. The largest absolute Gasteiger partial charge is 0.399 e. The maximum Gasteiger partial charge on any atom is 0.244 e. The van der Waals surface area contributed by atoms with Crippen LogP contribution in [-0.2, 0) is 10.0 Å². The van der Waals surface area contributed by atoms with E-state index in [-0.39, 0.29) is 17.4 Å². The van der Waals surface area contributed by atoms with Crippen molar-refractivity contribution >= 4 is 31.6 Å². The van der Waals surface area contributed by atoms with Crippen LogP contribution < -0.4 is 5.73 Å². The van der Waals surface area contributed by atoms with Crippen LogP contribution in [0.4, 0.5) is 5.69 Å². The van der Waals surface area contributed by atoms with E-state index in [4.69, 9.17) is 11.0 Å². The summed E-state index contributed by atoms with van der Waals surface area (Å²) in [5.74, 6) is 0. The maximum atomic E-state index is 12.3. The summed E-state index contributed by atoms with van der Waals surface area (Å²) in [6, 6.07) is 6.09. The van der Waals surface area contributed by atoms with Crippen LogP contribution in [0.25, 0.3) is 0 Å². The van der Waals surface area contributed by atoms with Gasteiger partial charge in [-0.3, -0.25) is 0 Å². The topological polar surface area (TPSA) is 87.2 Å². The van der Waals surface area contributed by atoms with E-state index in [1.807, 2.05) is 6.07 Å². The first-order valence-electron chi connectivity index (χ1n) is 5.20.